The van der Waals surface area contributed by atoms with E-state index in [-0.39, 0.29) is 12.8 Å². The molecule has 1 aliphatic rings. The van der Waals surface area contributed by atoms with Crippen molar-refractivity contribution < 1.29 is 28.7 Å². The number of hydrogen-bond donors (Lipinski definition) is 5. The summed E-state index contributed by atoms with van der Waals surface area (Å²) in [6, 6.07) is 0. The van der Waals surface area contributed by atoms with Crippen LogP contribution in [0.1, 0.15) is 32.1 Å². The number of rotatable bonds is 2. The van der Waals surface area contributed by atoms with E-state index in [1.54, 1.807) is 0 Å². The third-order valence-electron chi connectivity index (χ3n) is 3.20. The van der Waals surface area contributed by atoms with Gasteiger partial charge in [-0.3, -0.25) is 9.13 Å². The highest BCUT2D eigenvalue weighted by Gasteiger charge is 2.58. The second-order valence-corrected chi connectivity index (χ2v) is 8.62. The molecular weight excluding hydrogens is 268 g/mol. The molecule has 1 saturated heterocycles. The molecule has 0 unspecified atom stereocenters. The van der Waals surface area contributed by atoms with Gasteiger partial charge in [0.1, 0.15) is 0 Å². The molecule has 0 bridgehead atoms. The fourth-order valence-electron chi connectivity index (χ4n) is 2.16. The van der Waals surface area contributed by atoms with Crippen molar-refractivity contribution in [3.8, 4) is 0 Å². The summed E-state index contributed by atoms with van der Waals surface area (Å²) in [5.41, 5.74) is 0. The van der Waals surface area contributed by atoms with Crippen LogP contribution in [-0.2, 0) is 9.13 Å². The van der Waals surface area contributed by atoms with Crippen molar-refractivity contribution in [1.29, 1.82) is 0 Å². The summed E-state index contributed by atoms with van der Waals surface area (Å²) in [5, 5.41) is 3.06. The normalized spacial score (nSPS) is 23.5. The Bertz CT molecular complexity index is 314. The summed E-state index contributed by atoms with van der Waals surface area (Å²) in [6.45, 7) is 1.22. The largest absolute Gasteiger partial charge is 0.343 e. The van der Waals surface area contributed by atoms with Gasteiger partial charge in [0.05, 0.1) is 0 Å². The quantitative estimate of drug-likeness (QED) is 0.470. The van der Waals surface area contributed by atoms with Crippen LogP contribution in [0, 0.1) is 0 Å². The molecule has 1 fully saturated rings. The van der Waals surface area contributed by atoms with Gasteiger partial charge in [-0.1, -0.05) is 6.42 Å². The van der Waals surface area contributed by atoms with Gasteiger partial charge in [0, 0.05) is 0 Å². The fourth-order valence-corrected chi connectivity index (χ4v) is 5.31. The monoisotopic (exact) mass is 287 g/mol. The van der Waals surface area contributed by atoms with Gasteiger partial charge in [0.25, 0.3) is 0 Å². The molecule has 0 saturated carbocycles. The van der Waals surface area contributed by atoms with Crippen LogP contribution in [0.4, 0.5) is 0 Å². The SMILES string of the molecule is O=P(O)(O)C1(P(=O)(O)O)CCCCNCCC1. The molecule has 1 rings (SSSR count). The maximum absolute atomic E-state index is 11.5. The Morgan fingerprint density at radius 2 is 1.29 bits per heavy atom. The second kappa shape index (κ2) is 5.49. The average Bonchev–Trinajstić information content (AvgIpc) is 2.25. The first-order chi connectivity index (χ1) is 7.71. The summed E-state index contributed by atoms with van der Waals surface area (Å²) >= 11 is 0. The molecule has 102 valence electrons. The lowest BCUT2D eigenvalue weighted by atomic mass is 10.1. The molecule has 1 heterocycles. The molecule has 0 aliphatic carbocycles. The summed E-state index contributed by atoms with van der Waals surface area (Å²) in [7, 11) is -9.70. The Morgan fingerprint density at radius 1 is 0.824 bits per heavy atom. The van der Waals surface area contributed by atoms with Gasteiger partial charge >= 0.3 is 15.2 Å². The highest BCUT2D eigenvalue weighted by molar-refractivity contribution is 7.72. The van der Waals surface area contributed by atoms with E-state index < -0.39 is 20.1 Å². The minimum absolute atomic E-state index is 0.136. The first-order valence-corrected chi connectivity index (χ1v) is 8.75. The second-order valence-electron chi connectivity index (χ2n) is 4.38. The predicted octanol–water partition coefficient (Wildman–Crippen LogP) is 0.592. The van der Waals surface area contributed by atoms with Gasteiger partial charge in [0.2, 0.25) is 0 Å². The van der Waals surface area contributed by atoms with Crippen LogP contribution in [0.15, 0.2) is 0 Å². The Balaban J connectivity index is 3.10. The van der Waals surface area contributed by atoms with Gasteiger partial charge in [-0.2, -0.15) is 0 Å². The smallest absolute Gasteiger partial charge is 0.324 e. The minimum atomic E-state index is -4.85. The van der Waals surface area contributed by atoms with Crippen molar-refractivity contribution in [3.05, 3.63) is 0 Å². The zero-order valence-corrected chi connectivity index (χ0v) is 11.2. The van der Waals surface area contributed by atoms with Crippen molar-refractivity contribution in [1.82, 2.24) is 5.32 Å². The highest BCUT2D eigenvalue weighted by atomic mass is 31.2. The predicted molar refractivity (Wildman–Crippen MR) is 62.8 cm³/mol. The minimum Gasteiger partial charge on any atom is -0.324 e. The molecule has 5 N–H and O–H groups in total. The van der Waals surface area contributed by atoms with E-state index in [1.165, 1.54) is 0 Å². The van der Waals surface area contributed by atoms with Gasteiger partial charge in [-0.15, -0.1) is 0 Å². The summed E-state index contributed by atoms with van der Waals surface area (Å²) in [5.74, 6) is 0. The standard InChI is InChI=1S/C8H19NO6P2/c10-16(11,12)8(17(13,14)15)4-1-2-6-9-7-3-5-8/h9H,1-7H2,(H2,10,11,12)(H2,13,14,15). The van der Waals surface area contributed by atoms with E-state index in [0.29, 0.717) is 32.4 Å². The van der Waals surface area contributed by atoms with E-state index in [0.717, 1.165) is 0 Å². The van der Waals surface area contributed by atoms with Crippen LogP contribution in [0.2, 0.25) is 0 Å². The van der Waals surface area contributed by atoms with Gasteiger partial charge in [-0.25, -0.2) is 0 Å². The zero-order chi connectivity index (χ0) is 13.2. The summed E-state index contributed by atoms with van der Waals surface area (Å²) in [4.78, 5) is 35.2. The molecule has 17 heavy (non-hydrogen) atoms. The number of nitrogens with one attached hydrogen (secondary N) is 1. The van der Waals surface area contributed by atoms with Crippen molar-refractivity contribution in [2.75, 3.05) is 13.1 Å². The Kier molecular flexibility index (Phi) is 4.95. The molecule has 0 amide bonds. The van der Waals surface area contributed by atoms with Crippen LogP contribution in [-0.4, -0.2) is 37.6 Å². The summed E-state index contributed by atoms with van der Waals surface area (Å²) < 4.78 is 23.0. The molecule has 9 heteroatoms. The van der Waals surface area contributed by atoms with E-state index >= 15 is 0 Å². The van der Waals surface area contributed by atoms with Crippen LogP contribution in [0.5, 0.6) is 0 Å². The van der Waals surface area contributed by atoms with Gasteiger partial charge < -0.3 is 24.9 Å². The molecule has 0 aromatic rings. The molecule has 0 aromatic heterocycles. The lowest BCUT2D eigenvalue weighted by Crippen LogP contribution is -2.29. The molecule has 0 spiro atoms. The van der Waals surface area contributed by atoms with Crippen LogP contribution in [0.25, 0.3) is 0 Å². The first kappa shape index (κ1) is 15.3. The van der Waals surface area contributed by atoms with Crippen LogP contribution >= 0.6 is 15.2 Å². The molecule has 7 nitrogen and oxygen atoms in total. The van der Waals surface area contributed by atoms with Gasteiger partial charge in [0.15, 0.2) is 4.90 Å². The Labute approximate surface area is 99.9 Å². The Morgan fingerprint density at radius 3 is 1.82 bits per heavy atom. The number of hydrogen-bond acceptors (Lipinski definition) is 3. The van der Waals surface area contributed by atoms with Crippen molar-refractivity contribution >= 4 is 15.2 Å². The summed E-state index contributed by atoms with van der Waals surface area (Å²) in [6.07, 6.45) is 1.10. The molecule has 0 radical (unpaired) electrons. The lowest BCUT2D eigenvalue weighted by molar-refractivity contribution is 0.292. The molecule has 0 atom stereocenters. The van der Waals surface area contributed by atoms with Gasteiger partial charge in [-0.05, 0) is 38.8 Å². The molecular formula is C8H19NO6P2. The first-order valence-electron chi connectivity index (χ1n) is 5.53. The molecule has 1 aliphatic heterocycles. The van der Waals surface area contributed by atoms with Crippen molar-refractivity contribution in [2.45, 2.75) is 37.0 Å². The average molecular weight is 287 g/mol. The van der Waals surface area contributed by atoms with E-state index in [1.807, 2.05) is 0 Å². The van der Waals surface area contributed by atoms with Crippen molar-refractivity contribution in [2.24, 2.45) is 0 Å². The lowest BCUT2D eigenvalue weighted by Gasteiger charge is -2.34. The van der Waals surface area contributed by atoms with E-state index in [2.05, 4.69) is 5.32 Å². The van der Waals surface area contributed by atoms with Crippen molar-refractivity contribution in [3.63, 3.8) is 0 Å². The fraction of sp³-hybridized carbons (Fsp3) is 1.00. The Hall–Kier alpha value is 0.260. The maximum atomic E-state index is 11.5. The topological polar surface area (TPSA) is 127 Å². The molecule has 0 aromatic carbocycles. The van der Waals surface area contributed by atoms with Crippen LogP contribution in [0.3, 0.4) is 0 Å². The maximum Gasteiger partial charge on any atom is 0.343 e. The van der Waals surface area contributed by atoms with E-state index in [4.69, 9.17) is 0 Å². The van der Waals surface area contributed by atoms with Crippen LogP contribution < -0.4 is 5.32 Å². The zero-order valence-electron chi connectivity index (χ0n) is 9.45. The third kappa shape index (κ3) is 3.38. The highest BCUT2D eigenvalue weighted by Crippen LogP contribution is 2.72. The third-order valence-corrected chi connectivity index (χ3v) is 7.82. The van der Waals surface area contributed by atoms with E-state index in [9.17, 15) is 28.7 Å².